The number of nitrogens with zero attached hydrogens (tertiary/aromatic N) is 2. The SMILES string of the molecule is COc1ccc(CCN2C(=S)N(Cc3ccccc3)C(=O)[C@@H]2CC(=O)Nc2ccc(C)cc2C)cc1. The lowest BCUT2D eigenvalue weighted by molar-refractivity contribution is -0.131. The molecule has 7 heteroatoms. The van der Waals surface area contributed by atoms with Crippen LogP contribution in [0.15, 0.2) is 72.8 Å². The second-order valence-corrected chi connectivity index (χ2v) is 9.44. The van der Waals surface area contributed by atoms with Gasteiger partial charge < -0.3 is 15.0 Å². The van der Waals surface area contributed by atoms with E-state index in [1.807, 2.05) is 91.5 Å². The van der Waals surface area contributed by atoms with Crippen LogP contribution in [0.5, 0.6) is 5.75 Å². The van der Waals surface area contributed by atoms with Gasteiger partial charge in [0.2, 0.25) is 5.91 Å². The molecule has 0 bridgehead atoms. The van der Waals surface area contributed by atoms with Gasteiger partial charge in [0.15, 0.2) is 5.11 Å². The molecule has 0 radical (unpaired) electrons. The molecule has 6 nitrogen and oxygen atoms in total. The van der Waals surface area contributed by atoms with E-state index < -0.39 is 6.04 Å². The number of carbonyl (C=O) groups is 2. The lowest BCUT2D eigenvalue weighted by atomic mass is 10.1. The van der Waals surface area contributed by atoms with Gasteiger partial charge in [0.1, 0.15) is 11.8 Å². The lowest BCUT2D eigenvalue weighted by Crippen LogP contribution is -2.39. The number of methoxy groups -OCH3 is 1. The van der Waals surface area contributed by atoms with Crippen molar-refractivity contribution in [2.24, 2.45) is 0 Å². The van der Waals surface area contributed by atoms with Gasteiger partial charge in [-0.3, -0.25) is 14.5 Å². The van der Waals surface area contributed by atoms with Crippen LogP contribution in [0.2, 0.25) is 0 Å². The zero-order chi connectivity index (χ0) is 25.7. The molecule has 186 valence electrons. The van der Waals surface area contributed by atoms with Crippen LogP contribution in [0.25, 0.3) is 0 Å². The van der Waals surface area contributed by atoms with Crippen LogP contribution in [-0.4, -0.2) is 46.4 Å². The van der Waals surface area contributed by atoms with Crippen molar-refractivity contribution in [1.29, 1.82) is 0 Å². The average molecular weight is 502 g/mol. The third kappa shape index (κ3) is 5.91. The van der Waals surface area contributed by atoms with E-state index in [4.69, 9.17) is 17.0 Å². The van der Waals surface area contributed by atoms with E-state index in [1.54, 1.807) is 12.0 Å². The summed E-state index contributed by atoms with van der Waals surface area (Å²) in [5, 5.41) is 3.44. The molecule has 3 aromatic carbocycles. The molecule has 2 amide bonds. The topological polar surface area (TPSA) is 61.9 Å². The molecule has 4 rings (SSSR count). The zero-order valence-corrected chi connectivity index (χ0v) is 21.7. The minimum atomic E-state index is -0.648. The number of thiocarbonyl (C=S) groups is 1. The Morgan fingerprint density at radius 2 is 1.72 bits per heavy atom. The van der Waals surface area contributed by atoms with E-state index in [1.165, 1.54) is 0 Å². The Kier molecular flexibility index (Phi) is 8.00. The maximum Gasteiger partial charge on any atom is 0.252 e. The molecule has 1 heterocycles. The molecule has 0 aliphatic carbocycles. The minimum Gasteiger partial charge on any atom is -0.497 e. The normalized spacial score (nSPS) is 15.4. The molecule has 0 unspecified atom stereocenters. The first-order valence-electron chi connectivity index (χ1n) is 12.0. The Morgan fingerprint density at radius 3 is 2.39 bits per heavy atom. The van der Waals surface area contributed by atoms with Gasteiger partial charge in [-0.25, -0.2) is 0 Å². The molecule has 1 N–H and O–H groups in total. The highest BCUT2D eigenvalue weighted by Gasteiger charge is 2.43. The molecular weight excluding hydrogens is 470 g/mol. The van der Waals surface area contributed by atoms with Crippen molar-refractivity contribution in [3.05, 3.63) is 95.1 Å². The Morgan fingerprint density at radius 1 is 1.00 bits per heavy atom. The zero-order valence-electron chi connectivity index (χ0n) is 20.9. The fraction of sp³-hybridized carbons (Fsp3) is 0.276. The van der Waals surface area contributed by atoms with Gasteiger partial charge in [0, 0.05) is 12.2 Å². The van der Waals surface area contributed by atoms with Crippen LogP contribution in [0.1, 0.15) is 28.7 Å². The number of nitrogens with one attached hydrogen (secondary N) is 1. The van der Waals surface area contributed by atoms with E-state index in [0.29, 0.717) is 24.6 Å². The Balaban J connectivity index is 1.51. The number of ether oxygens (including phenoxy) is 1. The Bertz CT molecular complexity index is 1240. The molecule has 1 aliphatic heterocycles. The van der Waals surface area contributed by atoms with E-state index >= 15 is 0 Å². The summed E-state index contributed by atoms with van der Waals surface area (Å²) in [5.74, 6) is 0.439. The maximum absolute atomic E-state index is 13.5. The van der Waals surface area contributed by atoms with Crippen molar-refractivity contribution >= 4 is 34.8 Å². The van der Waals surface area contributed by atoms with Crippen molar-refractivity contribution < 1.29 is 14.3 Å². The van der Waals surface area contributed by atoms with Crippen LogP contribution in [-0.2, 0) is 22.6 Å². The summed E-state index contributed by atoms with van der Waals surface area (Å²) in [6.07, 6.45) is 0.714. The largest absolute Gasteiger partial charge is 0.497 e. The second kappa shape index (κ2) is 11.4. The minimum absolute atomic E-state index is 0.0280. The van der Waals surface area contributed by atoms with E-state index in [-0.39, 0.29) is 18.2 Å². The first-order valence-corrected chi connectivity index (χ1v) is 12.4. The highest BCUT2D eigenvalue weighted by atomic mass is 32.1. The molecule has 1 saturated heterocycles. The van der Waals surface area contributed by atoms with Crippen LogP contribution in [0, 0.1) is 13.8 Å². The number of anilines is 1. The number of hydrogen-bond donors (Lipinski definition) is 1. The summed E-state index contributed by atoms with van der Waals surface area (Å²) in [4.78, 5) is 30.1. The lowest BCUT2D eigenvalue weighted by Gasteiger charge is -2.24. The van der Waals surface area contributed by atoms with Gasteiger partial charge in [-0.2, -0.15) is 0 Å². The molecule has 0 saturated carbocycles. The van der Waals surface area contributed by atoms with Gasteiger partial charge in [-0.1, -0.05) is 60.2 Å². The quantitative estimate of drug-likeness (QED) is 0.424. The van der Waals surface area contributed by atoms with Gasteiger partial charge in [-0.15, -0.1) is 0 Å². The number of aryl methyl sites for hydroxylation is 2. The summed E-state index contributed by atoms with van der Waals surface area (Å²) in [6.45, 7) is 4.89. The smallest absolute Gasteiger partial charge is 0.252 e. The van der Waals surface area contributed by atoms with Crippen molar-refractivity contribution in [1.82, 2.24) is 9.80 Å². The summed E-state index contributed by atoms with van der Waals surface area (Å²) >= 11 is 5.77. The van der Waals surface area contributed by atoms with Crippen molar-refractivity contribution in [3.63, 3.8) is 0 Å². The first kappa shape index (κ1) is 25.4. The van der Waals surface area contributed by atoms with Gasteiger partial charge in [0.25, 0.3) is 5.91 Å². The number of benzene rings is 3. The number of carbonyl (C=O) groups excluding carboxylic acids is 2. The first-order chi connectivity index (χ1) is 17.4. The Labute approximate surface area is 217 Å². The molecule has 36 heavy (non-hydrogen) atoms. The molecular formula is C29H31N3O3S. The van der Waals surface area contributed by atoms with Crippen LogP contribution in [0.4, 0.5) is 5.69 Å². The van der Waals surface area contributed by atoms with E-state index in [0.717, 1.165) is 33.7 Å². The molecule has 1 fully saturated rings. The van der Waals surface area contributed by atoms with E-state index in [2.05, 4.69) is 5.32 Å². The summed E-state index contributed by atoms with van der Waals surface area (Å²) in [6, 6.07) is 22.8. The number of rotatable bonds is 9. The standard InChI is InChI=1S/C29H31N3O3S/c1-20-9-14-25(21(2)17-20)30-27(33)18-26-28(34)32(19-23-7-5-4-6-8-23)29(36)31(26)16-15-22-10-12-24(35-3)13-11-22/h4-14,17,26H,15-16,18-19H2,1-3H3,(H,30,33)/t26-/m0/s1. The summed E-state index contributed by atoms with van der Waals surface area (Å²) in [7, 11) is 1.64. The van der Waals surface area contributed by atoms with Crippen LogP contribution in [0.3, 0.4) is 0 Å². The predicted molar refractivity (Wildman–Crippen MR) is 146 cm³/mol. The monoisotopic (exact) mass is 501 g/mol. The third-order valence-corrected chi connectivity index (χ3v) is 6.88. The predicted octanol–water partition coefficient (Wildman–Crippen LogP) is 4.88. The molecule has 1 atom stereocenters. The third-order valence-electron chi connectivity index (χ3n) is 6.42. The van der Waals surface area contributed by atoms with Gasteiger partial charge in [-0.05, 0) is 67.4 Å². The Hall–Kier alpha value is -3.71. The number of hydrogen-bond acceptors (Lipinski definition) is 4. The molecule has 1 aliphatic rings. The van der Waals surface area contributed by atoms with Gasteiger partial charge >= 0.3 is 0 Å². The van der Waals surface area contributed by atoms with Crippen LogP contribution < -0.4 is 10.1 Å². The highest BCUT2D eigenvalue weighted by Crippen LogP contribution is 2.25. The molecule has 0 aromatic heterocycles. The average Bonchev–Trinajstić information content (AvgIpc) is 3.09. The second-order valence-electron chi connectivity index (χ2n) is 9.07. The summed E-state index contributed by atoms with van der Waals surface area (Å²) < 4.78 is 5.25. The van der Waals surface area contributed by atoms with Crippen molar-refractivity contribution in [2.75, 3.05) is 19.0 Å². The molecule has 3 aromatic rings. The maximum atomic E-state index is 13.5. The fourth-order valence-electron chi connectivity index (χ4n) is 4.43. The van der Waals surface area contributed by atoms with Crippen molar-refractivity contribution in [2.45, 2.75) is 39.3 Å². The van der Waals surface area contributed by atoms with Crippen molar-refractivity contribution in [3.8, 4) is 5.75 Å². The van der Waals surface area contributed by atoms with Gasteiger partial charge in [0.05, 0.1) is 20.1 Å². The van der Waals surface area contributed by atoms with Crippen LogP contribution >= 0.6 is 12.2 Å². The fourth-order valence-corrected chi connectivity index (χ4v) is 4.80. The summed E-state index contributed by atoms with van der Waals surface area (Å²) in [5.41, 5.74) is 4.96. The highest BCUT2D eigenvalue weighted by molar-refractivity contribution is 7.80. The molecule has 0 spiro atoms. The van der Waals surface area contributed by atoms with E-state index in [9.17, 15) is 9.59 Å². The number of amides is 2.